The molecule has 164 valence electrons. The Balaban J connectivity index is 0.00000171. The molecule has 3 aromatic carbocycles. The molecule has 0 unspecified atom stereocenters. The molecule has 0 amide bonds. The third-order valence-electron chi connectivity index (χ3n) is 7.00. The second-order valence-corrected chi connectivity index (χ2v) is 9.27. The molecule has 4 rings (SSSR count). The summed E-state index contributed by atoms with van der Waals surface area (Å²) >= 11 is 2.45. The van der Waals surface area contributed by atoms with Crippen molar-refractivity contribution in [3.05, 3.63) is 130 Å². The maximum atomic E-state index is 2.45. The molecule has 1 aliphatic carbocycles. The van der Waals surface area contributed by atoms with Crippen LogP contribution in [0.25, 0.3) is 0 Å². The average molecular weight is 518 g/mol. The van der Waals surface area contributed by atoms with Gasteiger partial charge in [0.05, 0.1) is 0 Å². The van der Waals surface area contributed by atoms with Crippen LogP contribution in [0.1, 0.15) is 44.4 Å². The van der Waals surface area contributed by atoms with E-state index in [0.717, 1.165) is 0 Å². The summed E-state index contributed by atoms with van der Waals surface area (Å²) in [5.41, 5.74) is 9.47. The first-order valence-corrected chi connectivity index (χ1v) is 11.0. The fourth-order valence-electron chi connectivity index (χ4n) is 5.18. The smallest absolute Gasteiger partial charge is 1.00 e. The zero-order valence-electron chi connectivity index (χ0n) is 18.8. The van der Waals surface area contributed by atoms with Crippen LogP contribution in [0.4, 0.5) is 0 Å². The second-order valence-electron chi connectivity index (χ2n) is 8.10. The molecule has 32 heavy (non-hydrogen) atoms. The van der Waals surface area contributed by atoms with Crippen molar-refractivity contribution < 1.29 is 57.7 Å². The summed E-state index contributed by atoms with van der Waals surface area (Å²) in [4.78, 5) is 0. The van der Waals surface area contributed by atoms with Crippen molar-refractivity contribution in [3.63, 3.8) is 0 Å². The van der Waals surface area contributed by atoms with Crippen molar-refractivity contribution in [2.75, 3.05) is 0 Å². The Morgan fingerprint density at radius 1 is 0.500 bits per heavy atom. The Labute approximate surface area is 223 Å². The minimum absolute atomic E-state index is 0. The molecule has 0 atom stereocenters. The fourth-order valence-corrected chi connectivity index (χ4v) is 6.44. The van der Waals surface area contributed by atoms with E-state index in [-0.39, 0.29) is 46.4 Å². The first-order chi connectivity index (χ1) is 14.0. The van der Waals surface area contributed by atoms with Gasteiger partial charge in [0.25, 0.3) is 0 Å². The third kappa shape index (κ3) is 4.06. The maximum Gasteiger partial charge on any atom is -1.00 e. The summed E-state index contributed by atoms with van der Waals surface area (Å²) in [6.07, 6.45) is 0. The van der Waals surface area contributed by atoms with E-state index in [0.29, 0.717) is 0 Å². The molecule has 0 radical (unpaired) electrons. The molecule has 4 heteroatoms. The number of rotatable bonds is 4. The Hall–Kier alpha value is -1.28. The minimum Gasteiger partial charge on any atom is -1.00 e. The normalized spacial score (nSPS) is 14.9. The molecule has 0 saturated carbocycles. The van der Waals surface area contributed by atoms with Gasteiger partial charge in [-0.3, -0.25) is 0 Å². The van der Waals surface area contributed by atoms with Crippen LogP contribution in [0.5, 0.6) is 0 Å². The van der Waals surface area contributed by atoms with Gasteiger partial charge in [0.2, 0.25) is 0 Å². The van der Waals surface area contributed by atoms with Gasteiger partial charge in [0.15, 0.2) is 0 Å². The summed E-state index contributed by atoms with van der Waals surface area (Å²) < 4.78 is -0.161. The summed E-state index contributed by atoms with van der Waals surface area (Å²) in [5, 5.41) is 0. The predicted octanol–water partition coefficient (Wildman–Crippen LogP) is -1.58. The Bertz CT molecular complexity index is 967. The van der Waals surface area contributed by atoms with Crippen molar-refractivity contribution >= 4 is 0 Å². The molecule has 0 saturated heterocycles. The van der Waals surface area contributed by atoms with Crippen LogP contribution in [0.2, 0.25) is 3.72 Å². The number of halogens is 3. The van der Waals surface area contributed by atoms with E-state index in [4.69, 9.17) is 0 Å². The van der Waals surface area contributed by atoms with Crippen molar-refractivity contribution in [2.45, 2.75) is 36.8 Å². The van der Waals surface area contributed by atoms with Gasteiger partial charge in [-0.05, 0) is 0 Å². The van der Waals surface area contributed by atoms with Crippen LogP contribution in [-0.2, 0) is 25.9 Å². The molecule has 0 fully saturated rings. The number of hydrogen-bond donors (Lipinski definition) is 0. The van der Waals surface area contributed by atoms with E-state index in [2.05, 4.69) is 139 Å². The zero-order valence-corrected chi connectivity index (χ0v) is 22.6. The molecule has 0 heterocycles. The van der Waals surface area contributed by atoms with Gasteiger partial charge in [-0.15, -0.1) is 0 Å². The molecule has 0 bridgehead atoms. The first kappa shape index (κ1) is 28.8. The average Bonchev–Trinajstić information content (AvgIpc) is 2.93. The molecule has 0 nitrogen and oxygen atoms in total. The Morgan fingerprint density at radius 3 is 1.00 bits per heavy atom. The predicted molar refractivity (Wildman–Crippen MR) is 119 cm³/mol. The minimum atomic E-state index is -0.316. The van der Waals surface area contributed by atoms with E-state index in [1.807, 2.05) is 0 Å². The Kier molecular flexibility index (Phi) is 10.1. The van der Waals surface area contributed by atoms with Crippen LogP contribution in [-0.4, -0.2) is 0 Å². The van der Waals surface area contributed by atoms with E-state index in [1.165, 1.54) is 39.0 Å². The Morgan fingerprint density at radius 2 is 0.750 bits per heavy atom. The van der Waals surface area contributed by atoms with E-state index in [1.54, 1.807) is 0 Å². The molecular formula is C28H27Cl3Ti. The quantitative estimate of drug-likeness (QED) is 0.290. The molecule has 1 aliphatic rings. The molecular weight excluding hydrogens is 491 g/mol. The number of allylic oxidation sites excluding steroid dienone is 4. The summed E-state index contributed by atoms with van der Waals surface area (Å²) in [6.45, 7) is 9.23. The monoisotopic (exact) mass is 516 g/mol. The third-order valence-corrected chi connectivity index (χ3v) is 8.75. The van der Waals surface area contributed by atoms with E-state index < -0.39 is 0 Å². The van der Waals surface area contributed by atoms with Gasteiger partial charge < -0.3 is 37.2 Å². The summed E-state index contributed by atoms with van der Waals surface area (Å²) in [7, 11) is 0. The standard InChI is InChI=1S/C28H27.3ClH.Ti/c1-20-21(2)23(4)27(22(20)3)28(24-14-8-5-9-15-24,25-16-10-6-11-17-25)26-18-12-7-13-19-26;;;;/h5-19H,1-4H3;3*1H;/q;;;;+3/p-3. The largest absolute Gasteiger partial charge is 1.00 e. The fraction of sp³-hybridized carbons (Fsp3) is 0.214. The maximum absolute atomic E-state index is 2.45. The molecule has 0 N–H and O–H groups in total. The van der Waals surface area contributed by atoms with Crippen LogP contribution in [0.3, 0.4) is 0 Å². The topological polar surface area (TPSA) is 0 Å². The molecule has 0 aliphatic heterocycles. The summed E-state index contributed by atoms with van der Waals surface area (Å²) in [6, 6.07) is 33.2. The van der Waals surface area contributed by atoms with Crippen LogP contribution < -0.4 is 37.2 Å². The number of hydrogen-bond acceptors (Lipinski definition) is 0. The second kappa shape index (κ2) is 11.2. The SMILES string of the molecule is CC1=C(C)[C]([Ti+3])(C(c2ccccc2)(c2ccccc2)c2ccccc2)C(C)=C1C.[Cl-].[Cl-].[Cl-]. The number of benzene rings is 3. The summed E-state index contributed by atoms with van der Waals surface area (Å²) in [5.74, 6) is 0. The van der Waals surface area contributed by atoms with Crippen molar-refractivity contribution in [3.8, 4) is 0 Å². The first-order valence-electron chi connectivity index (χ1n) is 10.2. The van der Waals surface area contributed by atoms with Crippen molar-refractivity contribution in [1.29, 1.82) is 0 Å². The molecule has 0 spiro atoms. The van der Waals surface area contributed by atoms with Gasteiger partial charge in [0.1, 0.15) is 0 Å². The van der Waals surface area contributed by atoms with Gasteiger partial charge in [0, 0.05) is 0 Å². The van der Waals surface area contributed by atoms with Crippen LogP contribution in [0, 0.1) is 0 Å². The van der Waals surface area contributed by atoms with Crippen molar-refractivity contribution in [1.82, 2.24) is 0 Å². The van der Waals surface area contributed by atoms with Crippen LogP contribution in [0.15, 0.2) is 113 Å². The van der Waals surface area contributed by atoms with Gasteiger partial charge in [-0.1, -0.05) is 0 Å². The van der Waals surface area contributed by atoms with E-state index >= 15 is 0 Å². The van der Waals surface area contributed by atoms with Crippen LogP contribution >= 0.6 is 0 Å². The molecule has 3 aromatic rings. The van der Waals surface area contributed by atoms with Gasteiger partial charge in [-0.25, -0.2) is 0 Å². The zero-order chi connectivity index (χ0) is 20.6. The van der Waals surface area contributed by atoms with Crippen molar-refractivity contribution in [2.24, 2.45) is 0 Å². The molecule has 0 aromatic heterocycles. The van der Waals surface area contributed by atoms with E-state index in [9.17, 15) is 0 Å². The van der Waals surface area contributed by atoms with Gasteiger partial charge >= 0.3 is 187 Å². The van der Waals surface area contributed by atoms with Gasteiger partial charge in [-0.2, -0.15) is 0 Å².